The fraction of sp³-hybridized carbons (Fsp3) is 0.429. The number of aromatic nitrogens is 1. The molecule has 1 N–H and O–H groups in total. The predicted molar refractivity (Wildman–Crippen MR) is 101 cm³/mol. The van der Waals surface area contributed by atoms with Gasteiger partial charge in [-0.1, -0.05) is 31.2 Å². The summed E-state index contributed by atoms with van der Waals surface area (Å²) in [5.74, 6) is 0.00287. The summed E-state index contributed by atoms with van der Waals surface area (Å²) >= 11 is 0. The van der Waals surface area contributed by atoms with Crippen LogP contribution in [0.4, 0.5) is 0 Å². The van der Waals surface area contributed by atoms with Gasteiger partial charge in [0.1, 0.15) is 0 Å². The molecule has 0 saturated carbocycles. The number of likely N-dealkylation sites (N-methyl/N-ethyl adjacent to an activating group) is 1. The number of nitrogens with one attached hydrogen (secondary N) is 1. The number of benzene rings is 1. The maximum Gasteiger partial charge on any atom is 0.196 e. The van der Waals surface area contributed by atoms with Gasteiger partial charge in [-0.3, -0.25) is 14.5 Å². The van der Waals surface area contributed by atoms with Crippen LogP contribution in [0.1, 0.15) is 64.0 Å². The molecule has 0 radical (unpaired) electrons. The highest BCUT2D eigenvalue weighted by Crippen LogP contribution is 2.21. The average Bonchev–Trinajstić information content (AvgIpc) is 2.88. The van der Waals surface area contributed by atoms with Crippen LogP contribution in [-0.2, 0) is 13.0 Å². The van der Waals surface area contributed by atoms with Gasteiger partial charge in [0.15, 0.2) is 11.6 Å². The zero-order valence-electron chi connectivity index (χ0n) is 16.1. The monoisotopic (exact) mass is 340 g/mol. The maximum atomic E-state index is 12.9. The fourth-order valence-electron chi connectivity index (χ4n) is 3.24. The van der Waals surface area contributed by atoms with E-state index in [4.69, 9.17) is 0 Å². The summed E-state index contributed by atoms with van der Waals surface area (Å²) in [6.45, 7) is 9.96. The van der Waals surface area contributed by atoms with Crippen LogP contribution in [0.25, 0.3) is 0 Å². The molecule has 4 heteroatoms. The Bertz CT molecular complexity index is 772. The van der Waals surface area contributed by atoms with E-state index in [9.17, 15) is 9.59 Å². The lowest BCUT2D eigenvalue weighted by molar-refractivity contribution is 0.0856. The molecule has 4 nitrogen and oxygen atoms in total. The van der Waals surface area contributed by atoms with Crippen molar-refractivity contribution in [1.29, 1.82) is 0 Å². The summed E-state index contributed by atoms with van der Waals surface area (Å²) in [4.78, 5) is 29.8. The lowest BCUT2D eigenvalue weighted by Gasteiger charge is -2.23. The van der Waals surface area contributed by atoms with Gasteiger partial charge in [0, 0.05) is 17.8 Å². The van der Waals surface area contributed by atoms with Crippen molar-refractivity contribution in [2.75, 3.05) is 7.05 Å². The van der Waals surface area contributed by atoms with Crippen LogP contribution in [0.5, 0.6) is 0 Å². The molecule has 0 aliphatic heterocycles. The number of hydrogen-bond acceptors (Lipinski definition) is 3. The van der Waals surface area contributed by atoms with Crippen LogP contribution in [0.15, 0.2) is 24.3 Å². The first-order chi connectivity index (χ1) is 11.8. The van der Waals surface area contributed by atoms with E-state index >= 15 is 0 Å². The molecular weight excluding hydrogens is 312 g/mol. The Balaban J connectivity index is 2.15. The molecular formula is C21H28N2O2. The quantitative estimate of drug-likeness (QED) is 0.772. The molecule has 0 fully saturated rings. The lowest BCUT2D eigenvalue weighted by Crippen LogP contribution is -2.36. The highest BCUT2D eigenvalue weighted by Gasteiger charge is 2.25. The number of rotatable bonds is 7. The number of hydrogen-bond donors (Lipinski definition) is 1. The fourth-order valence-corrected chi connectivity index (χ4v) is 3.24. The van der Waals surface area contributed by atoms with Crippen LogP contribution in [0, 0.1) is 13.8 Å². The summed E-state index contributed by atoms with van der Waals surface area (Å²) in [7, 11) is 1.95. The van der Waals surface area contributed by atoms with E-state index in [0.29, 0.717) is 17.8 Å². The molecule has 134 valence electrons. The van der Waals surface area contributed by atoms with Gasteiger partial charge in [-0.2, -0.15) is 0 Å². The molecule has 0 aliphatic rings. The van der Waals surface area contributed by atoms with Crippen molar-refractivity contribution in [3.8, 4) is 0 Å². The van der Waals surface area contributed by atoms with Crippen LogP contribution in [-0.4, -0.2) is 34.5 Å². The smallest absolute Gasteiger partial charge is 0.196 e. The molecule has 1 unspecified atom stereocenters. The molecule has 1 aromatic heterocycles. The third kappa shape index (κ3) is 4.07. The zero-order chi connectivity index (χ0) is 18.7. The van der Waals surface area contributed by atoms with Crippen LogP contribution in [0.3, 0.4) is 0 Å². The minimum Gasteiger partial charge on any atom is -0.355 e. The molecule has 0 amide bonds. The Morgan fingerprint density at radius 2 is 1.68 bits per heavy atom. The first-order valence-corrected chi connectivity index (χ1v) is 8.78. The number of H-pyrrole nitrogens is 1. The van der Waals surface area contributed by atoms with Crippen molar-refractivity contribution >= 4 is 11.6 Å². The Kier molecular flexibility index (Phi) is 5.96. The number of nitrogens with zero attached hydrogens (tertiary/aromatic N) is 1. The van der Waals surface area contributed by atoms with Crippen molar-refractivity contribution in [3.63, 3.8) is 0 Å². The van der Waals surface area contributed by atoms with E-state index in [1.165, 1.54) is 18.1 Å². The largest absolute Gasteiger partial charge is 0.355 e. The summed E-state index contributed by atoms with van der Waals surface area (Å²) < 4.78 is 0. The van der Waals surface area contributed by atoms with E-state index in [-0.39, 0.29) is 17.6 Å². The van der Waals surface area contributed by atoms with Crippen molar-refractivity contribution < 1.29 is 9.59 Å². The molecule has 0 aliphatic carbocycles. The van der Waals surface area contributed by atoms with Gasteiger partial charge < -0.3 is 4.98 Å². The van der Waals surface area contributed by atoms with Gasteiger partial charge in [0.25, 0.3) is 0 Å². The molecule has 0 spiro atoms. The van der Waals surface area contributed by atoms with Crippen molar-refractivity contribution in [2.24, 2.45) is 0 Å². The highest BCUT2D eigenvalue weighted by molar-refractivity contribution is 6.05. The van der Waals surface area contributed by atoms with Crippen molar-refractivity contribution in [1.82, 2.24) is 9.88 Å². The number of aryl methyl sites for hydroxylation is 2. The van der Waals surface area contributed by atoms with E-state index in [1.807, 2.05) is 32.7 Å². The predicted octanol–water partition coefficient (Wildman–Crippen LogP) is 4.10. The van der Waals surface area contributed by atoms with Gasteiger partial charge >= 0.3 is 0 Å². The Morgan fingerprint density at radius 1 is 1.12 bits per heavy atom. The second kappa shape index (κ2) is 7.79. The summed E-state index contributed by atoms with van der Waals surface area (Å²) in [5, 5.41) is 0. The highest BCUT2D eigenvalue weighted by atomic mass is 16.1. The molecule has 1 heterocycles. The first kappa shape index (κ1) is 19.1. The number of aromatic amines is 1. The first-order valence-electron chi connectivity index (χ1n) is 8.78. The van der Waals surface area contributed by atoms with Gasteiger partial charge in [0.2, 0.25) is 0 Å². The van der Waals surface area contributed by atoms with Gasteiger partial charge in [0.05, 0.1) is 11.7 Å². The van der Waals surface area contributed by atoms with Crippen molar-refractivity contribution in [2.45, 2.75) is 53.6 Å². The summed E-state index contributed by atoms with van der Waals surface area (Å²) in [6.07, 6.45) is 1.02. The molecule has 0 saturated heterocycles. The Morgan fingerprint density at radius 3 is 2.16 bits per heavy atom. The van der Waals surface area contributed by atoms with E-state index in [1.54, 1.807) is 0 Å². The number of ketones is 2. The van der Waals surface area contributed by atoms with Gasteiger partial charge in [-0.05, 0) is 57.9 Å². The number of Topliss-reactive ketones (excluding diaryl/α,β-unsaturated/α-hetero) is 2. The SMILES string of the molecule is CCc1ccc(CN(C)C(C)C(=O)c2[nH]c(C)c(C(C)=O)c2C)cc1. The number of carbonyl (C=O) groups is 2. The van der Waals surface area contributed by atoms with Crippen molar-refractivity contribution in [3.05, 3.63) is 57.9 Å². The standard InChI is InChI=1S/C21H28N2O2/c1-7-17-8-10-18(11-9-17)12-23(6)15(4)21(25)20-13(2)19(16(5)24)14(3)22-20/h8-11,15,22H,7,12H2,1-6H3. The summed E-state index contributed by atoms with van der Waals surface area (Å²) in [5.41, 5.74) is 5.19. The molecule has 2 aromatic rings. The molecule has 1 aromatic carbocycles. The second-order valence-electron chi connectivity index (χ2n) is 6.81. The zero-order valence-corrected chi connectivity index (χ0v) is 16.1. The van der Waals surface area contributed by atoms with Crippen LogP contribution < -0.4 is 0 Å². The normalized spacial score (nSPS) is 12.4. The Labute approximate surface area is 150 Å². The molecule has 2 rings (SSSR count). The van der Waals surface area contributed by atoms with Crippen LogP contribution in [0.2, 0.25) is 0 Å². The average molecular weight is 340 g/mol. The van der Waals surface area contributed by atoms with Gasteiger partial charge in [-0.25, -0.2) is 0 Å². The topological polar surface area (TPSA) is 53.2 Å². The minimum atomic E-state index is -0.276. The third-order valence-electron chi connectivity index (χ3n) is 4.94. The lowest BCUT2D eigenvalue weighted by atomic mass is 10.0. The molecule has 1 atom stereocenters. The van der Waals surface area contributed by atoms with E-state index < -0.39 is 0 Å². The summed E-state index contributed by atoms with van der Waals surface area (Å²) in [6, 6.07) is 8.22. The van der Waals surface area contributed by atoms with Crippen LogP contribution >= 0.6 is 0 Å². The number of carbonyl (C=O) groups excluding carboxylic acids is 2. The van der Waals surface area contributed by atoms with E-state index in [0.717, 1.165) is 17.7 Å². The minimum absolute atomic E-state index is 0.0117. The molecule has 0 bridgehead atoms. The second-order valence-corrected chi connectivity index (χ2v) is 6.81. The third-order valence-corrected chi connectivity index (χ3v) is 4.94. The van der Waals surface area contributed by atoms with Gasteiger partial charge in [-0.15, -0.1) is 0 Å². The molecule has 25 heavy (non-hydrogen) atoms. The van der Waals surface area contributed by atoms with E-state index in [2.05, 4.69) is 36.2 Å². The Hall–Kier alpha value is -2.20. The maximum absolute atomic E-state index is 12.9.